The molecule has 0 saturated carbocycles. The van der Waals surface area contributed by atoms with Gasteiger partial charge in [0.05, 0.1) is 6.61 Å². The summed E-state index contributed by atoms with van der Waals surface area (Å²) in [6.45, 7) is 1.77. The molecule has 0 aromatic heterocycles. The first-order valence-corrected chi connectivity index (χ1v) is 5.36. The second kappa shape index (κ2) is 6.20. The zero-order chi connectivity index (χ0) is 13.7. The van der Waals surface area contributed by atoms with Crippen LogP contribution in [0, 0.1) is 11.6 Å². The maximum absolute atomic E-state index is 12.9. The van der Waals surface area contributed by atoms with Gasteiger partial charge in [-0.15, -0.1) is 0 Å². The molecule has 4 nitrogen and oxygen atoms in total. The third-order valence-corrected chi connectivity index (χ3v) is 2.24. The fourth-order valence-electron chi connectivity index (χ4n) is 1.32. The highest BCUT2D eigenvalue weighted by Crippen LogP contribution is 2.11. The standard InChI is InChI=1S/C12H13F2NO3/c1-2-18-12(17)10(15)6-11(16)7-3-4-8(13)9(14)5-7/h3-5,10H,2,6,15H2,1H3. The fourth-order valence-corrected chi connectivity index (χ4v) is 1.32. The van der Waals surface area contributed by atoms with Gasteiger partial charge in [0.2, 0.25) is 0 Å². The molecule has 0 saturated heterocycles. The molecule has 0 aliphatic heterocycles. The molecule has 1 aromatic carbocycles. The lowest BCUT2D eigenvalue weighted by Gasteiger charge is -2.09. The van der Waals surface area contributed by atoms with E-state index < -0.39 is 29.4 Å². The summed E-state index contributed by atoms with van der Waals surface area (Å²) in [5.74, 6) is -3.41. The Morgan fingerprint density at radius 3 is 2.56 bits per heavy atom. The van der Waals surface area contributed by atoms with Gasteiger partial charge in [-0.3, -0.25) is 9.59 Å². The number of hydrogen-bond donors (Lipinski definition) is 1. The summed E-state index contributed by atoms with van der Waals surface area (Å²) in [7, 11) is 0. The third kappa shape index (κ3) is 3.59. The molecule has 1 aromatic rings. The van der Waals surface area contributed by atoms with Crippen LogP contribution in [0.1, 0.15) is 23.7 Å². The molecular weight excluding hydrogens is 244 g/mol. The molecular formula is C12H13F2NO3. The Hall–Kier alpha value is -1.82. The summed E-state index contributed by atoms with van der Waals surface area (Å²) in [6, 6.07) is 1.65. The van der Waals surface area contributed by atoms with Crippen LogP contribution < -0.4 is 5.73 Å². The number of halogens is 2. The van der Waals surface area contributed by atoms with Gasteiger partial charge in [0.25, 0.3) is 0 Å². The summed E-state index contributed by atoms with van der Waals surface area (Å²) < 4.78 is 30.2. The molecule has 2 N–H and O–H groups in total. The van der Waals surface area contributed by atoms with E-state index >= 15 is 0 Å². The highest BCUT2D eigenvalue weighted by atomic mass is 19.2. The Bertz CT molecular complexity index is 463. The average molecular weight is 257 g/mol. The van der Waals surface area contributed by atoms with Crippen LogP contribution in [0.15, 0.2) is 18.2 Å². The summed E-state index contributed by atoms with van der Waals surface area (Å²) in [5, 5.41) is 0. The van der Waals surface area contributed by atoms with Crippen molar-refractivity contribution in [3.8, 4) is 0 Å². The first-order chi connectivity index (χ1) is 8.45. The molecule has 6 heteroatoms. The zero-order valence-electron chi connectivity index (χ0n) is 9.78. The number of carbonyl (C=O) groups excluding carboxylic acids is 2. The van der Waals surface area contributed by atoms with Gasteiger partial charge < -0.3 is 10.5 Å². The van der Waals surface area contributed by atoms with Crippen LogP contribution in [0.5, 0.6) is 0 Å². The molecule has 18 heavy (non-hydrogen) atoms. The van der Waals surface area contributed by atoms with Crippen LogP contribution in [0.3, 0.4) is 0 Å². The van der Waals surface area contributed by atoms with E-state index in [1.807, 2.05) is 0 Å². The molecule has 0 aliphatic rings. The van der Waals surface area contributed by atoms with Crippen molar-refractivity contribution in [2.24, 2.45) is 5.73 Å². The topological polar surface area (TPSA) is 69.4 Å². The number of benzene rings is 1. The van der Waals surface area contributed by atoms with Crippen molar-refractivity contribution in [3.05, 3.63) is 35.4 Å². The van der Waals surface area contributed by atoms with Crippen molar-refractivity contribution in [2.45, 2.75) is 19.4 Å². The Morgan fingerprint density at radius 2 is 2.00 bits per heavy atom. The molecule has 1 unspecified atom stereocenters. The second-order valence-corrected chi connectivity index (χ2v) is 3.61. The Kier molecular flexibility index (Phi) is 4.91. The molecule has 1 atom stereocenters. The van der Waals surface area contributed by atoms with Gasteiger partial charge in [0.1, 0.15) is 6.04 Å². The highest BCUT2D eigenvalue weighted by molar-refractivity contribution is 5.98. The monoisotopic (exact) mass is 257 g/mol. The largest absolute Gasteiger partial charge is 0.465 e. The molecule has 98 valence electrons. The Morgan fingerprint density at radius 1 is 1.33 bits per heavy atom. The highest BCUT2D eigenvalue weighted by Gasteiger charge is 2.20. The number of ketones is 1. The Balaban J connectivity index is 2.70. The van der Waals surface area contributed by atoms with Crippen molar-refractivity contribution in [3.63, 3.8) is 0 Å². The number of esters is 1. The van der Waals surface area contributed by atoms with E-state index in [9.17, 15) is 18.4 Å². The van der Waals surface area contributed by atoms with Gasteiger partial charge >= 0.3 is 5.97 Å². The van der Waals surface area contributed by atoms with E-state index in [4.69, 9.17) is 5.73 Å². The molecule has 0 radical (unpaired) electrons. The first-order valence-electron chi connectivity index (χ1n) is 5.36. The van der Waals surface area contributed by atoms with Crippen molar-refractivity contribution in [2.75, 3.05) is 6.61 Å². The van der Waals surface area contributed by atoms with E-state index in [0.29, 0.717) is 0 Å². The van der Waals surface area contributed by atoms with Gasteiger partial charge in [-0.1, -0.05) is 0 Å². The van der Waals surface area contributed by atoms with Gasteiger partial charge in [-0.25, -0.2) is 8.78 Å². The van der Waals surface area contributed by atoms with Crippen LogP contribution in [-0.4, -0.2) is 24.4 Å². The molecule has 0 spiro atoms. The minimum Gasteiger partial charge on any atom is -0.465 e. The minimum absolute atomic E-state index is 0.0337. The third-order valence-electron chi connectivity index (χ3n) is 2.24. The first kappa shape index (κ1) is 14.2. The van der Waals surface area contributed by atoms with E-state index in [1.165, 1.54) is 0 Å². The summed E-state index contributed by atoms with van der Waals surface area (Å²) in [5.41, 5.74) is 5.41. The van der Waals surface area contributed by atoms with Gasteiger partial charge in [-0.2, -0.15) is 0 Å². The van der Waals surface area contributed by atoms with Crippen LogP contribution in [-0.2, 0) is 9.53 Å². The van der Waals surface area contributed by atoms with Crippen LogP contribution in [0.2, 0.25) is 0 Å². The van der Waals surface area contributed by atoms with Crippen molar-refractivity contribution >= 4 is 11.8 Å². The van der Waals surface area contributed by atoms with E-state index in [1.54, 1.807) is 6.92 Å². The van der Waals surface area contributed by atoms with Gasteiger partial charge in [-0.05, 0) is 25.1 Å². The molecule has 0 bridgehead atoms. The number of rotatable bonds is 5. The van der Waals surface area contributed by atoms with Crippen LogP contribution in [0.4, 0.5) is 8.78 Å². The van der Waals surface area contributed by atoms with Crippen molar-refractivity contribution in [1.29, 1.82) is 0 Å². The van der Waals surface area contributed by atoms with Gasteiger partial charge in [0.15, 0.2) is 17.4 Å². The minimum atomic E-state index is -1.12. The molecule has 0 amide bonds. The lowest BCUT2D eigenvalue weighted by Crippen LogP contribution is -2.34. The number of hydrogen-bond acceptors (Lipinski definition) is 4. The van der Waals surface area contributed by atoms with E-state index in [0.717, 1.165) is 18.2 Å². The van der Waals surface area contributed by atoms with Gasteiger partial charge in [0, 0.05) is 12.0 Å². The molecule has 0 fully saturated rings. The maximum Gasteiger partial charge on any atom is 0.323 e. The maximum atomic E-state index is 12.9. The smallest absolute Gasteiger partial charge is 0.323 e. The number of ether oxygens (including phenoxy) is 1. The van der Waals surface area contributed by atoms with E-state index in [-0.39, 0.29) is 18.6 Å². The number of Topliss-reactive ketones (excluding diaryl/α,β-unsaturated/α-hetero) is 1. The molecule has 0 heterocycles. The summed E-state index contributed by atoms with van der Waals surface area (Å²) >= 11 is 0. The SMILES string of the molecule is CCOC(=O)C(N)CC(=O)c1ccc(F)c(F)c1. The quantitative estimate of drug-likeness (QED) is 0.640. The zero-order valence-corrected chi connectivity index (χ0v) is 9.78. The lowest BCUT2D eigenvalue weighted by molar-refractivity contribution is -0.144. The molecule has 0 aliphatic carbocycles. The van der Waals surface area contributed by atoms with Crippen LogP contribution >= 0.6 is 0 Å². The number of carbonyl (C=O) groups is 2. The van der Waals surface area contributed by atoms with E-state index in [2.05, 4.69) is 4.74 Å². The van der Waals surface area contributed by atoms with Crippen molar-refractivity contribution in [1.82, 2.24) is 0 Å². The van der Waals surface area contributed by atoms with Crippen LogP contribution in [0.25, 0.3) is 0 Å². The number of nitrogens with two attached hydrogens (primary N) is 1. The second-order valence-electron chi connectivity index (χ2n) is 3.61. The molecule has 1 rings (SSSR count). The fraction of sp³-hybridized carbons (Fsp3) is 0.333. The lowest BCUT2D eigenvalue weighted by atomic mass is 10.0. The average Bonchev–Trinajstić information content (AvgIpc) is 2.32. The Labute approximate surface area is 103 Å². The normalized spacial score (nSPS) is 12.0. The predicted molar refractivity (Wildman–Crippen MR) is 59.9 cm³/mol. The summed E-state index contributed by atoms with van der Waals surface area (Å²) in [4.78, 5) is 22.8. The summed E-state index contributed by atoms with van der Waals surface area (Å²) in [6.07, 6.45) is -0.316. The predicted octanol–water partition coefficient (Wildman–Crippen LogP) is 1.43. The van der Waals surface area contributed by atoms with Crippen molar-refractivity contribution < 1.29 is 23.1 Å².